The smallest absolute Gasteiger partial charge is 0.248 e. The molecule has 3 heterocycles. The Morgan fingerprint density at radius 3 is 2.65 bits per heavy atom. The Balaban J connectivity index is 1.43. The molecule has 2 aromatic heterocycles. The van der Waals surface area contributed by atoms with Crippen molar-refractivity contribution in [2.24, 2.45) is 0 Å². The lowest BCUT2D eigenvalue weighted by molar-refractivity contribution is -0.111. The zero-order valence-corrected chi connectivity index (χ0v) is 19.3. The molecule has 1 aromatic carbocycles. The highest BCUT2D eigenvalue weighted by molar-refractivity contribution is 6.02. The summed E-state index contributed by atoms with van der Waals surface area (Å²) in [7, 11) is 1.85. The van der Waals surface area contributed by atoms with Crippen LogP contribution in [-0.4, -0.2) is 54.1 Å². The molecule has 0 aliphatic carbocycles. The molecule has 0 radical (unpaired) electrons. The summed E-state index contributed by atoms with van der Waals surface area (Å²) >= 11 is 0. The van der Waals surface area contributed by atoms with Gasteiger partial charge in [0.05, 0.1) is 18.9 Å². The van der Waals surface area contributed by atoms with Crippen molar-refractivity contribution in [3.8, 4) is 0 Å². The van der Waals surface area contributed by atoms with Crippen LogP contribution in [-0.2, 0) is 16.1 Å². The second kappa shape index (κ2) is 11.9. The average Bonchev–Trinajstić information content (AvgIpc) is 2.89. The summed E-state index contributed by atoms with van der Waals surface area (Å²) in [5.41, 5.74) is 5.48. The van der Waals surface area contributed by atoms with E-state index in [0.29, 0.717) is 0 Å². The van der Waals surface area contributed by atoms with E-state index in [1.807, 2.05) is 49.6 Å². The Morgan fingerprint density at radius 2 is 1.91 bits per heavy atom. The highest BCUT2D eigenvalue weighted by atomic mass is 16.5. The van der Waals surface area contributed by atoms with Crippen LogP contribution in [0.3, 0.4) is 0 Å². The van der Waals surface area contributed by atoms with Crippen molar-refractivity contribution in [1.82, 2.24) is 20.2 Å². The van der Waals surface area contributed by atoms with E-state index in [-0.39, 0.29) is 5.91 Å². The summed E-state index contributed by atoms with van der Waals surface area (Å²) in [5.74, 6) is -0.201. The molecule has 0 atom stereocenters. The third-order valence-electron chi connectivity index (χ3n) is 5.52. The lowest BCUT2D eigenvalue weighted by Crippen LogP contribution is -2.35. The molecule has 1 aliphatic rings. The summed E-state index contributed by atoms with van der Waals surface area (Å²) in [6, 6.07) is 15.7. The van der Waals surface area contributed by atoms with Gasteiger partial charge in [-0.1, -0.05) is 18.2 Å². The van der Waals surface area contributed by atoms with Gasteiger partial charge in [0.15, 0.2) is 0 Å². The fraction of sp³-hybridized carbons (Fsp3) is 0.222. The van der Waals surface area contributed by atoms with Crippen molar-refractivity contribution in [3.05, 3.63) is 102 Å². The molecule has 1 fully saturated rings. The zero-order chi connectivity index (χ0) is 23.6. The summed E-state index contributed by atoms with van der Waals surface area (Å²) < 4.78 is 5.40. The van der Waals surface area contributed by atoms with Crippen LogP contribution >= 0.6 is 0 Å². The fourth-order valence-electron chi connectivity index (χ4n) is 3.80. The molecule has 174 valence electrons. The number of amides is 1. The van der Waals surface area contributed by atoms with Crippen LogP contribution in [0.1, 0.15) is 22.4 Å². The number of hydrogen-bond donors (Lipinski definition) is 2. The SMILES string of the molecule is CNC=C(c1ccccn1)c1ccncc1/C=C/C(=O)Nc1ccc(CN2CCOCC2)cc1. The molecule has 0 saturated carbocycles. The number of nitrogens with zero attached hydrogens (tertiary/aromatic N) is 3. The third-order valence-corrected chi connectivity index (χ3v) is 5.52. The van der Waals surface area contributed by atoms with Crippen molar-refractivity contribution in [1.29, 1.82) is 0 Å². The number of benzene rings is 1. The first-order chi connectivity index (χ1) is 16.7. The van der Waals surface area contributed by atoms with Gasteiger partial charge in [0.1, 0.15) is 0 Å². The van der Waals surface area contributed by atoms with Crippen molar-refractivity contribution in [2.45, 2.75) is 6.54 Å². The van der Waals surface area contributed by atoms with Gasteiger partial charge in [0.25, 0.3) is 0 Å². The first-order valence-corrected chi connectivity index (χ1v) is 11.3. The lowest BCUT2D eigenvalue weighted by atomic mass is 9.99. The molecule has 7 heteroatoms. The number of carbonyl (C=O) groups excluding carboxylic acids is 1. The lowest BCUT2D eigenvalue weighted by Gasteiger charge is -2.26. The number of carbonyl (C=O) groups is 1. The summed E-state index contributed by atoms with van der Waals surface area (Å²) in [6.45, 7) is 4.36. The standard InChI is InChI=1S/C27H29N5O2/c1-28-19-25(26-4-2-3-12-30-26)24-11-13-29-18-22(24)7-10-27(33)31-23-8-5-21(6-9-23)20-32-14-16-34-17-15-32/h2-13,18-19,28H,14-17,20H2,1H3,(H,31,33)/b10-7+,25-19?. The predicted molar refractivity (Wildman–Crippen MR) is 135 cm³/mol. The molecule has 0 bridgehead atoms. The Kier molecular flexibility index (Phi) is 8.16. The van der Waals surface area contributed by atoms with Crippen LogP contribution < -0.4 is 10.6 Å². The van der Waals surface area contributed by atoms with E-state index in [4.69, 9.17) is 4.74 Å². The van der Waals surface area contributed by atoms with Gasteiger partial charge < -0.3 is 15.4 Å². The van der Waals surface area contributed by atoms with Crippen LogP contribution in [0.15, 0.2) is 79.4 Å². The number of hydrogen-bond acceptors (Lipinski definition) is 6. The molecule has 2 N–H and O–H groups in total. The van der Waals surface area contributed by atoms with Gasteiger partial charge >= 0.3 is 0 Å². The van der Waals surface area contributed by atoms with Gasteiger partial charge in [-0.25, -0.2) is 0 Å². The molecule has 1 saturated heterocycles. The quantitative estimate of drug-likeness (QED) is 0.506. The Hall–Kier alpha value is -3.81. The molecule has 0 unspecified atom stereocenters. The normalized spacial score (nSPS) is 14.8. The van der Waals surface area contributed by atoms with Gasteiger partial charge in [0.2, 0.25) is 5.91 Å². The average molecular weight is 456 g/mol. The molecular weight excluding hydrogens is 426 g/mol. The molecule has 1 amide bonds. The molecule has 7 nitrogen and oxygen atoms in total. The molecule has 4 rings (SSSR count). The summed E-state index contributed by atoms with van der Waals surface area (Å²) in [6.07, 6.45) is 10.4. The van der Waals surface area contributed by atoms with E-state index < -0.39 is 0 Å². The molecule has 0 spiro atoms. The number of ether oxygens (including phenoxy) is 1. The maximum atomic E-state index is 12.6. The van der Waals surface area contributed by atoms with E-state index in [1.54, 1.807) is 24.7 Å². The van der Waals surface area contributed by atoms with Crippen LogP contribution in [0.2, 0.25) is 0 Å². The van der Waals surface area contributed by atoms with Crippen molar-refractivity contribution in [2.75, 3.05) is 38.7 Å². The first-order valence-electron chi connectivity index (χ1n) is 11.3. The number of anilines is 1. The van der Waals surface area contributed by atoms with E-state index in [9.17, 15) is 4.79 Å². The van der Waals surface area contributed by atoms with E-state index >= 15 is 0 Å². The van der Waals surface area contributed by atoms with Gasteiger partial charge in [-0.15, -0.1) is 0 Å². The number of rotatable bonds is 8. The zero-order valence-electron chi connectivity index (χ0n) is 19.3. The molecule has 3 aromatic rings. The van der Waals surface area contributed by atoms with E-state index in [1.165, 1.54) is 11.6 Å². The Bertz CT molecular complexity index is 1140. The third kappa shape index (κ3) is 6.37. The minimum absolute atomic E-state index is 0.201. The minimum atomic E-state index is -0.201. The second-order valence-corrected chi connectivity index (χ2v) is 7.93. The number of morpholine rings is 1. The summed E-state index contributed by atoms with van der Waals surface area (Å²) in [4.78, 5) is 23.7. The van der Waals surface area contributed by atoms with E-state index in [2.05, 4.69) is 37.6 Å². The largest absolute Gasteiger partial charge is 0.393 e. The summed E-state index contributed by atoms with van der Waals surface area (Å²) in [5, 5.41) is 6.01. The molecule has 1 aliphatic heterocycles. The predicted octanol–water partition coefficient (Wildman–Crippen LogP) is 3.57. The highest BCUT2D eigenvalue weighted by Crippen LogP contribution is 2.25. The van der Waals surface area contributed by atoms with Crippen LogP contribution in [0.25, 0.3) is 11.6 Å². The topological polar surface area (TPSA) is 79.4 Å². The van der Waals surface area contributed by atoms with Crippen LogP contribution in [0.5, 0.6) is 0 Å². The van der Waals surface area contributed by atoms with E-state index in [0.717, 1.165) is 60.9 Å². The number of nitrogens with one attached hydrogen (secondary N) is 2. The minimum Gasteiger partial charge on any atom is -0.393 e. The molecule has 34 heavy (non-hydrogen) atoms. The van der Waals surface area contributed by atoms with Gasteiger partial charge in [-0.2, -0.15) is 0 Å². The number of aromatic nitrogens is 2. The van der Waals surface area contributed by atoms with Gasteiger partial charge in [-0.05, 0) is 47.5 Å². The fourth-order valence-corrected chi connectivity index (χ4v) is 3.80. The van der Waals surface area contributed by atoms with Gasteiger partial charge in [-0.3, -0.25) is 19.7 Å². The van der Waals surface area contributed by atoms with Crippen molar-refractivity contribution >= 4 is 23.2 Å². The second-order valence-electron chi connectivity index (χ2n) is 7.93. The van der Waals surface area contributed by atoms with Gasteiger partial charge in [0, 0.05) is 74.4 Å². The maximum absolute atomic E-state index is 12.6. The Morgan fingerprint density at radius 1 is 1.09 bits per heavy atom. The van der Waals surface area contributed by atoms with Crippen molar-refractivity contribution in [3.63, 3.8) is 0 Å². The molecular formula is C27H29N5O2. The maximum Gasteiger partial charge on any atom is 0.248 e. The van der Waals surface area contributed by atoms with Crippen molar-refractivity contribution < 1.29 is 9.53 Å². The first kappa shape index (κ1) is 23.4. The number of pyridine rings is 2. The van der Waals surface area contributed by atoms with Crippen LogP contribution in [0, 0.1) is 0 Å². The monoisotopic (exact) mass is 455 g/mol. The highest BCUT2D eigenvalue weighted by Gasteiger charge is 2.12. The van der Waals surface area contributed by atoms with Crippen LogP contribution in [0.4, 0.5) is 5.69 Å². The Labute approximate surface area is 200 Å².